The van der Waals surface area contributed by atoms with Gasteiger partial charge in [0.05, 0.1) is 30.4 Å². The van der Waals surface area contributed by atoms with Gasteiger partial charge in [-0.05, 0) is 13.0 Å². The van der Waals surface area contributed by atoms with Crippen LogP contribution in [0.4, 0.5) is 4.79 Å². The van der Waals surface area contributed by atoms with Gasteiger partial charge in [-0.3, -0.25) is 5.10 Å². The van der Waals surface area contributed by atoms with Crippen LogP contribution < -0.4 is 15.2 Å². The van der Waals surface area contributed by atoms with Crippen molar-refractivity contribution in [2.24, 2.45) is 5.73 Å². The van der Waals surface area contributed by atoms with Gasteiger partial charge in [-0.1, -0.05) is 48.0 Å². The first-order chi connectivity index (χ1) is 16.6. The molecule has 9 nitrogen and oxygen atoms in total. The summed E-state index contributed by atoms with van der Waals surface area (Å²) in [4.78, 5) is 14.4. The second kappa shape index (κ2) is 8.92. The zero-order valence-electron chi connectivity index (χ0n) is 18.6. The molecule has 3 heterocycles. The fraction of sp³-hybridized carbons (Fsp3) is 0.240. The SMILES string of the molecule is Cc1ccc(-c2[nH]nc3c2[C@@H](c2ccccc2OC(=O)N2CCOCC2)C(C#N)=C(N)O3)cc1. The molecule has 1 aromatic heterocycles. The molecule has 2 aliphatic rings. The standard InChI is InChI=1S/C25H23N5O4/c1-15-6-8-16(9-7-15)22-21-20(18(14-26)23(27)34-24(21)29-28-22)17-4-2-3-5-19(17)33-25(31)30-10-12-32-13-11-30/h2-9,20H,10-13,27H2,1H3,(H,28,29)/t20-/m0/s1. The monoisotopic (exact) mass is 457 g/mol. The van der Waals surface area contributed by atoms with Crippen LogP contribution >= 0.6 is 0 Å². The largest absolute Gasteiger partial charge is 0.420 e. The number of aryl methyl sites for hydroxylation is 1. The third-order valence-corrected chi connectivity index (χ3v) is 5.98. The molecule has 0 bridgehead atoms. The molecule has 0 spiro atoms. The van der Waals surface area contributed by atoms with Crippen molar-refractivity contribution in [3.05, 3.63) is 76.7 Å². The maximum absolute atomic E-state index is 12.8. The number of nitrogens with zero attached hydrogens (tertiary/aromatic N) is 3. The molecule has 0 aliphatic carbocycles. The Morgan fingerprint density at radius 2 is 1.94 bits per heavy atom. The number of H-pyrrole nitrogens is 1. The van der Waals surface area contributed by atoms with E-state index >= 15 is 0 Å². The first-order valence-electron chi connectivity index (χ1n) is 10.9. The van der Waals surface area contributed by atoms with Crippen LogP contribution in [-0.4, -0.2) is 47.5 Å². The van der Waals surface area contributed by atoms with Crippen molar-refractivity contribution in [3.8, 4) is 29.0 Å². The van der Waals surface area contributed by atoms with Crippen LogP contribution in [0.15, 0.2) is 60.0 Å². The summed E-state index contributed by atoms with van der Waals surface area (Å²) in [5.41, 5.74) is 10.3. The number of nitrogens with two attached hydrogens (primary N) is 1. The number of nitrogens with one attached hydrogen (secondary N) is 1. The molecule has 34 heavy (non-hydrogen) atoms. The fourth-order valence-electron chi connectivity index (χ4n) is 4.21. The molecule has 0 saturated carbocycles. The summed E-state index contributed by atoms with van der Waals surface area (Å²) in [6, 6.07) is 17.2. The first kappa shape index (κ1) is 21.6. The third-order valence-electron chi connectivity index (χ3n) is 5.98. The fourth-order valence-corrected chi connectivity index (χ4v) is 4.21. The Bertz CT molecular complexity index is 1300. The molecule has 0 unspecified atom stereocenters. The molecule has 2 aromatic carbocycles. The highest BCUT2D eigenvalue weighted by molar-refractivity contribution is 5.74. The number of para-hydroxylation sites is 1. The van der Waals surface area contributed by atoms with Crippen LogP contribution in [0.25, 0.3) is 11.3 Å². The number of morpholine rings is 1. The number of rotatable bonds is 3. The van der Waals surface area contributed by atoms with Crippen LogP contribution in [0, 0.1) is 18.3 Å². The third kappa shape index (κ3) is 3.84. The number of aromatic nitrogens is 2. The van der Waals surface area contributed by atoms with Crippen molar-refractivity contribution in [2.75, 3.05) is 26.3 Å². The second-order valence-corrected chi connectivity index (χ2v) is 8.11. The van der Waals surface area contributed by atoms with E-state index in [2.05, 4.69) is 16.3 Å². The molecule has 9 heteroatoms. The molecule has 2 aliphatic heterocycles. The molecule has 5 rings (SSSR count). The number of aromatic amines is 1. The number of carbonyl (C=O) groups is 1. The highest BCUT2D eigenvalue weighted by Gasteiger charge is 2.37. The van der Waals surface area contributed by atoms with E-state index in [1.54, 1.807) is 17.0 Å². The topological polar surface area (TPSA) is 126 Å². The lowest BCUT2D eigenvalue weighted by Crippen LogP contribution is -2.42. The molecule has 1 amide bonds. The Hall–Kier alpha value is -4.29. The van der Waals surface area contributed by atoms with Gasteiger partial charge in [-0.15, -0.1) is 5.10 Å². The Morgan fingerprint density at radius 1 is 1.21 bits per heavy atom. The smallest absolute Gasteiger partial charge is 0.415 e. The molecule has 0 radical (unpaired) electrons. The minimum Gasteiger partial charge on any atom is -0.420 e. The van der Waals surface area contributed by atoms with Gasteiger partial charge in [0.15, 0.2) is 0 Å². The van der Waals surface area contributed by atoms with Crippen molar-refractivity contribution in [2.45, 2.75) is 12.8 Å². The summed E-state index contributed by atoms with van der Waals surface area (Å²) >= 11 is 0. The summed E-state index contributed by atoms with van der Waals surface area (Å²) in [6.07, 6.45) is -0.468. The van der Waals surface area contributed by atoms with E-state index in [-0.39, 0.29) is 17.3 Å². The van der Waals surface area contributed by atoms with Crippen LogP contribution in [0.5, 0.6) is 11.6 Å². The van der Waals surface area contributed by atoms with Crippen LogP contribution in [0.1, 0.15) is 22.6 Å². The van der Waals surface area contributed by atoms with E-state index in [4.69, 9.17) is 19.9 Å². The summed E-state index contributed by atoms with van der Waals surface area (Å²) in [7, 11) is 0. The minimum atomic E-state index is -0.641. The molecule has 1 saturated heterocycles. The number of nitriles is 1. The molecular formula is C25H23N5O4. The van der Waals surface area contributed by atoms with Crippen molar-refractivity contribution < 1.29 is 19.0 Å². The number of carbonyl (C=O) groups excluding carboxylic acids is 1. The van der Waals surface area contributed by atoms with Crippen LogP contribution in [0.2, 0.25) is 0 Å². The van der Waals surface area contributed by atoms with Gasteiger partial charge in [0.1, 0.15) is 17.4 Å². The van der Waals surface area contributed by atoms with Gasteiger partial charge < -0.3 is 24.8 Å². The van der Waals surface area contributed by atoms with Crippen molar-refractivity contribution >= 4 is 6.09 Å². The van der Waals surface area contributed by atoms with E-state index in [0.717, 1.165) is 11.1 Å². The number of hydrogen-bond acceptors (Lipinski definition) is 7. The number of benzene rings is 2. The molecule has 172 valence electrons. The van der Waals surface area contributed by atoms with Gasteiger partial charge in [0.25, 0.3) is 0 Å². The average molecular weight is 457 g/mol. The second-order valence-electron chi connectivity index (χ2n) is 8.11. The number of ether oxygens (including phenoxy) is 3. The quantitative estimate of drug-likeness (QED) is 0.617. The lowest BCUT2D eigenvalue weighted by Gasteiger charge is -2.28. The maximum atomic E-state index is 12.8. The predicted molar refractivity (Wildman–Crippen MR) is 123 cm³/mol. The lowest BCUT2D eigenvalue weighted by atomic mass is 9.82. The number of amides is 1. The molecule has 1 fully saturated rings. The number of allylic oxidation sites excluding steroid dienone is 1. The number of hydrogen-bond donors (Lipinski definition) is 2. The highest BCUT2D eigenvalue weighted by Crippen LogP contribution is 2.47. The highest BCUT2D eigenvalue weighted by atomic mass is 16.6. The summed E-state index contributed by atoms with van der Waals surface area (Å²) < 4.78 is 16.8. The Kier molecular flexibility index (Phi) is 5.65. The normalized spacial score (nSPS) is 17.5. The maximum Gasteiger partial charge on any atom is 0.415 e. The van der Waals surface area contributed by atoms with Gasteiger partial charge in [0.2, 0.25) is 11.8 Å². The molecular weight excluding hydrogens is 434 g/mol. The Balaban J connectivity index is 1.60. The zero-order chi connectivity index (χ0) is 23.7. The van der Waals surface area contributed by atoms with E-state index in [1.807, 2.05) is 43.3 Å². The van der Waals surface area contributed by atoms with Crippen molar-refractivity contribution in [1.29, 1.82) is 5.26 Å². The van der Waals surface area contributed by atoms with Crippen molar-refractivity contribution in [1.82, 2.24) is 15.1 Å². The van der Waals surface area contributed by atoms with Gasteiger partial charge in [-0.25, -0.2) is 4.79 Å². The molecule has 3 N–H and O–H groups in total. The first-order valence-corrected chi connectivity index (χ1v) is 10.9. The summed E-state index contributed by atoms with van der Waals surface area (Å²) in [5.74, 6) is -0.0476. The van der Waals surface area contributed by atoms with Crippen LogP contribution in [-0.2, 0) is 4.74 Å². The van der Waals surface area contributed by atoms with Gasteiger partial charge in [-0.2, -0.15) is 5.26 Å². The summed E-state index contributed by atoms with van der Waals surface area (Å²) in [6.45, 7) is 3.85. The Labute approximate surface area is 196 Å². The zero-order valence-corrected chi connectivity index (χ0v) is 18.6. The lowest BCUT2D eigenvalue weighted by molar-refractivity contribution is 0.0415. The minimum absolute atomic E-state index is 0.0312. The van der Waals surface area contributed by atoms with Crippen molar-refractivity contribution in [3.63, 3.8) is 0 Å². The van der Waals surface area contributed by atoms with Gasteiger partial charge in [0, 0.05) is 24.2 Å². The van der Waals surface area contributed by atoms with E-state index in [9.17, 15) is 10.1 Å². The van der Waals surface area contributed by atoms with E-state index < -0.39 is 12.0 Å². The van der Waals surface area contributed by atoms with Crippen LogP contribution in [0.3, 0.4) is 0 Å². The average Bonchev–Trinajstić information content (AvgIpc) is 3.28. The molecule has 3 aromatic rings. The molecule has 1 atom stereocenters. The van der Waals surface area contributed by atoms with E-state index in [0.29, 0.717) is 48.9 Å². The number of fused-ring (bicyclic) bond motifs is 1. The van der Waals surface area contributed by atoms with Gasteiger partial charge >= 0.3 is 6.09 Å². The predicted octanol–water partition coefficient (Wildman–Crippen LogP) is 3.43. The summed E-state index contributed by atoms with van der Waals surface area (Å²) in [5, 5.41) is 17.3. The Morgan fingerprint density at radius 3 is 2.68 bits per heavy atom. The van der Waals surface area contributed by atoms with E-state index in [1.165, 1.54) is 0 Å².